The molecule has 2 rings (SSSR count). The molecule has 1 aromatic heterocycles. The molecule has 0 bridgehead atoms. The maximum atomic E-state index is 12.2. The first-order valence-corrected chi connectivity index (χ1v) is 8.51. The largest absolute Gasteiger partial charge is 0.396 e. The first-order valence-electron chi connectivity index (χ1n) is 7.69. The number of likely N-dealkylation sites (tertiary alicyclic amines) is 1. The molecule has 1 atom stereocenters. The molecule has 7 heteroatoms. The molecular weight excluding hydrogens is 300 g/mol. The monoisotopic (exact) mass is 326 g/mol. The van der Waals surface area contributed by atoms with Crippen molar-refractivity contribution in [1.29, 1.82) is 0 Å². The van der Waals surface area contributed by atoms with Gasteiger partial charge in [0.1, 0.15) is 5.01 Å². The normalized spacial score (nSPS) is 23.5. The maximum Gasteiger partial charge on any atom is 0.240 e. The number of aliphatic hydroxyl groups excluding tert-OH is 1. The van der Waals surface area contributed by atoms with Gasteiger partial charge < -0.3 is 5.11 Å². The van der Waals surface area contributed by atoms with Gasteiger partial charge in [0.25, 0.3) is 0 Å². The van der Waals surface area contributed by atoms with Crippen LogP contribution < -0.4 is 5.32 Å². The number of hydrogen-bond acceptors (Lipinski definition) is 6. The Morgan fingerprint density at radius 1 is 1.45 bits per heavy atom. The number of piperidine rings is 1. The lowest BCUT2D eigenvalue weighted by Crippen LogP contribution is -2.46. The van der Waals surface area contributed by atoms with Crippen LogP contribution in [0.15, 0.2) is 0 Å². The van der Waals surface area contributed by atoms with Crippen molar-refractivity contribution >= 4 is 22.4 Å². The number of anilines is 1. The van der Waals surface area contributed by atoms with Gasteiger partial charge in [-0.3, -0.25) is 15.0 Å². The standard InChI is InChI=1S/C15H26N4O2S/c1-14(2,3)12-17-18-13(22-12)16-11(21)8-19-7-5-6-15(4,9-19)10-20/h20H,5-10H2,1-4H3,(H,16,18,21). The lowest BCUT2D eigenvalue weighted by molar-refractivity contribution is -0.118. The van der Waals surface area contributed by atoms with E-state index in [1.807, 2.05) is 0 Å². The highest BCUT2D eigenvalue weighted by atomic mass is 32.1. The Bertz CT molecular complexity index is 526. The molecule has 1 aliphatic heterocycles. The Morgan fingerprint density at radius 2 is 2.18 bits per heavy atom. The molecule has 0 saturated carbocycles. The molecule has 1 amide bonds. The van der Waals surface area contributed by atoms with E-state index in [2.05, 4.69) is 48.1 Å². The molecule has 124 valence electrons. The number of carbonyl (C=O) groups is 1. The Kier molecular flexibility index (Phi) is 5.19. The molecule has 1 aromatic rings. The number of nitrogens with zero attached hydrogens (tertiary/aromatic N) is 3. The fraction of sp³-hybridized carbons (Fsp3) is 0.800. The fourth-order valence-corrected chi connectivity index (χ4v) is 3.45. The zero-order chi connectivity index (χ0) is 16.4. The van der Waals surface area contributed by atoms with Crippen molar-refractivity contribution in [2.45, 2.75) is 46.0 Å². The second kappa shape index (κ2) is 6.60. The second-order valence-corrected chi connectivity index (χ2v) is 8.47. The highest BCUT2D eigenvalue weighted by Gasteiger charge is 2.31. The van der Waals surface area contributed by atoms with Crippen LogP contribution in [0.25, 0.3) is 0 Å². The highest BCUT2D eigenvalue weighted by Crippen LogP contribution is 2.29. The van der Waals surface area contributed by atoms with Crippen molar-refractivity contribution in [2.24, 2.45) is 5.41 Å². The Hall–Kier alpha value is -1.05. The minimum Gasteiger partial charge on any atom is -0.396 e. The van der Waals surface area contributed by atoms with Crippen LogP contribution in [-0.2, 0) is 10.2 Å². The van der Waals surface area contributed by atoms with Gasteiger partial charge in [0.05, 0.1) is 6.54 Å². The highest BCUT2D eigenvalue weighted by molar-refractivity contribution is 7.15. The average Bonchev–Trinajstić information content (AvgIpc) is 2.87. The molecule has 2 heterocycles. The van der Waals surface area contributed by atoms with E-state index in [0.717, 1.165) is 30.9 Å². The number of amides is 1. The Morgan fingerprint density at radius 3 is 2.77 bits per heavy atom. The lowest BCUT2D eigenvalue weighted by atomic mass is 9.83. The molecule has 0 aliphatic carbocycles. The predicted molar refractivity (Wildman–Crippen MR) is 88.1 cm³/mol. The summed E-state index contributed by atoms with van der Waals surface area (Å²) in [5, 5.41) is 21.9. The number of aromatic nitrogens is 2. The minimum absolute atomic E-state index is 0.0591. The SMILES string of the molecule is CC1(CO)CCCN(CC(=O)Nc2nnc(C(C)(C)C)s2)C1. The summed E-state index contributed by atoms with van der Waals surface area (Å²) >= 11 is 1.42. The van der Waals surface area contributed by atoms with Crippen molar-refractivity contribution in [2.75, 3.05) is 31.6 Å². The van der Waals surface area contributed by atoms with Gasteiger partial charge in [-0.1, -0.05) is 39.0 Å². The Labute approximate surface area is 135 Å². The van der Waals surface area contributed by atoms with E-state index in [9.17, 15) is 9.90 Å². The lowest BCUT2D eigenvalue weighted by Gasteiger charge is -2.38. The number of nitrogens with one attached hydrogen (secondary N) is 1. The summed E-state index contributed by atoms with van der Waals surface area (Å²) in [5.74, 6) is -0.0706. The molecule has 1 saturated heterocycles. The van der Waals surface area contributed by atoms with Crippen molar-refractivity contribution in [1.82, 2.24) is 15.1 Å². The van der Waals surface area contributed by atoms with Crippen LogP contribution >= 0.6 is 11.3 Å². The maximum absolute atomic E-state index is 12.2. The molecule has 6 nitrogen and oxygen atoms in total. The first kappa shape index (κ1) is 17.3. The molecule has 2 N–H and O–H groups in total. The van der Waals surface area contributed by atoms with Gasteiger partial charge in [-0.2, -0.15) is 0 Å². The quantitative estimate of drug-likeness (QED) is 0.883. The van der Waals surface area contributed by atoms with Gasteiger partial charge in [0.2, 0.25) is 11.0 Å². The van der Waals surface area contributed by atoms with Crippen LogP contribution in [0.2, 0.25) is 0 Å². The van der Waals surface area contributed by atoms with Gasteiger partial charge in [0, 0.05) is 24.0 Å². The number of hydrogen-bond donors (Lipinski definition) is 2. The first-order chi connectivity index (χ1) is 10.2. The number of aliphatic hydroxyl groups is 1. The average molecular weight is 326 g/mol. The van der Waals surface area contributed by atoms with E-state index in [1.54, 1.807) is 0 Å². The second-order valence-electron chi connectivity index (χ2n) is 7.49. The number of rotatable bonds is 4. The van der Waals surface area contributed by atoms with Crippen molar-refractivity contribution in [3.63, 3.8) is 0 Å². The fourth-order valence-electron chi connectivity index (χ4n) is 2.63. The van der Waals surface area contributed by atoms with Crippen LogP contribution in [0.5, 0.6) is 0 Å². The van der Waals surface area contributed by atoms with Gasteiger partial charge in [-0.15, -0.1) is 10.2 Å². The number of carbonyl (C=O) groups excluding carboxylic acids is 1. The summed E-state index contributed by atoms with van der Waals surface area (Å²) in [5.41, 5.74) is -0.156. The van der Waals surface area contributed by atoms with E-state index >= 15 is 0 Å². The van der Waals surface area contributed by atoms with Crippen LogP contribution in [0.3, 0.4) is 0 Å². The molecule has 1 aliphatic rings. The summed E-state index contributed by atoms with van der Waals surface area (Å²) < 4.78 is 0. The molecule has 1 unspecified atom stereocenters. The molecule has 0 radical (unpaired) electrons. The minimum atomic E-state index is -0.0966. The van der Waals surface area contributed by atoms with E-state index in [1.165, 1.54) is 11.3 Å². The predicted octanol–water partition coefficient (Wildman–Crippen LogP) is 1.87. The van der Waals surface area contributed by atoms with Gasteiger partial charge in [-0.05, 0) is 19.4 Å². The Balaban J connectivity index is 1.89. The zero-order valence-corrected chi connectivity index (χ0v) is 14.7. The smallest absolute Gasteiger partial charge is 0.240 e. The van der Waals surface area contributed by atoms with Crippen LogP contribution in [0.4, 0.5) is 5.13 Å². The summed E-state index contributed by atoms with van der Waals surface area (Å²) in [6.07, 6.45) is 2.02. The third-order valence-electron chi connectivity index (χ3n) is 3.92. The molecule has 0 aromatic carbocycles. The third-order valence-corrected chi connectivity index (χ3v) is 5.19. The zero-order valence-electron chi connectivity index (χ0n) is 13.8. The molecule has 0 spiro atoms. The van der Waals surface area contributed by atoms with Gasteiger partial charge in [-0.25, -0.2) is 0 Å². The van der Waals surface area contributed by atoms with E-state index in [4.69, 9.17) is 0 Å². The summed E-state index contributed by atoms with van der Waals surface area (Å²) in [6.45, 7) is 10.4. The summed E-state index contributed by atoms with van der Waals surface area (Å²) in [6, 6.07) is 0. The molecule has 1 fully saturated rings. The van der Waals surface area contributed by atoms with Crippen molar-refractivity contribution < 1.29 is 9.90 Å². The van der Waals surface area contributed by atoms with Gasteiger partial charge >= 0.3 is 0 Å². The van der Waals surface area contributed by atoms with E-state index < -0.39 is 0 Å². The van der Waals surface area contributed by atoms with Crippen LogP contribution in [0.1, 0.15) is 45.5 Å². The summed E-state index contributed by atoms with van der Waals surface area (Å²) in [7, 11) is 0. The van der Waals surface area contributed by atoms with E-state index in [-0.39, 0.29) is 23.3 Å². The topological polar surface area (TPSA) is 78.4 Å². The van der Waals surface area contributed by atoms with Crippen molar-refractivity contribution in [3.05, 3.63) is 5.01 Å². The molecule has 22 heavy (non-hydrogen) atoms. The van der Waals surface area contributed by atoms with Crippen LogP contribution in [0, 0.1) is 5.41 Å². The van der Waals surface area contributed by atoms with E-state index in [0.29, 0.717) is 11.7 Å². The van der Waals surface area contributed by atoms with Crippen molar-refractivity contribution in [3.8, 4) is 0 Å². The molecular formula is C15H26N4O2S. The van der Waals surface area contributed by atoms with Gasteiger partial charge in [0.15, 0.2) is 0 Å². The summed E-state index contributed by atoms with van der Waals surface area (Å²) in [4.78, 5) is 14.3. The third kappa shape index (κ3) is 4.47. The van der Waals surface area contributed by atoms with Crippen LogP contribution in [-0.4, -0.2) is 52.4 Å².